The Balaban J connectivity index is 2.01. The molecule has 0 amide bonds. The topological polar surface area (TPSA) is 77.4 Å². The van der Waals surface area contributed by atoms with Crippen LogP contribution in [0.15, 0.2) is 41.3 Å². The van der Waals surface area contributed by atoms with Crippen LogP contribution in [0.25, 0.3) is 11.1 Å². The Morgan fingerprint density at radius 3 is 2.50 bits per heavy atom. The minimum absolute atomic E-state index is 0.103. The van der Waals surface area contributed by atoms with E-state index in [0.717, 1.165) is 43.1 Å². The van der Waals surface area contributed by atoms with Crippen LogP contribution in [-0.2, 0) is 17.1 Å². The van der Waals surface area contributed by atoms with Crippen LogP contribution in [-0.4, -0.2) is 25.3 Å². The summed E-state index contributed by atoms with van der Waals surface area (Å²) in [7, 11) is -1.69. The number of aryl methyl sites for hydroxylation is 1. The van der Waals surface area contributed by atoms with Gasteiger partial charge in [0.25, 0.3) is 0 Å². The number of ether oxygens (including phenoxy) is 1. The molecule has 1 aromatic heterocycles. The first kappa shape index (κ1) is 18.5. The number of anilines is 1. The van der Waals surface area contributed by atoms with E-state index >= 15 is 0 Å². The third-order valence-electron chi connectivity index (χ3n) is 4.53. The molecule has 1 saturated carbocycles. The third kappa shape index (κ3) is 4.66. The standard InChI is InChI=1S/C19H24N2O4S/c1-21-13-14(8-11-19(21)22)17-12-15(20-26(2,23)24)9-10-18(17)25-16-6-4-3-5-7-16/h8-13,16,20H,3-7H2,1-2H3. The van der Waals surface area contributed by atoms with E-state index in [-0.39, 0.29) is 11.7 Å². The van der Waals surface area contributed by atoms with E-state index in [1.807, 2.05) is 0 Å². The highest BCUT2D eigenvalue weighted by molar-refractivity contribution is 7.92. The van der Waals surface area contributed by atoms with Crippen molar-refractivity contribution in [2.24, 2.45) is 7.05 Å². The summed E-state index contributed by atoms with van der Waals surface area (Å²) in [4.78, 5) is 11.7. The van der Waals surface area contributed by atoms with Crippen molar-refractivity contribution in [3.63, 3.8) is 0 Å². The van der Waals surface area contributed by atoms with Crippen molar-refractivity contribution in [2.75, 3.05) is 11.0 Å². The minimum Gasteiger partial charge on any atom is -0.490 e. The lowest BCUT2D eigenvalue weighted by atomic mass is 9.97. The van der Waals surface area contributed by atoms with Gasteiger partial charge in [-0.05, 0) is 49.9 Å². The number of rotatable bonds is 5. The Bertz CT molecular complexity index is 944. The average Bonchev–Trinajstić information content (AvgIpc) is 2.58. The monoisotopic (exact) mass is 376 g/mol. The number of hydrogen-bond acceptors (Lipinski definition) is 4. The molecule has 140 valence electrons. The van der Waals surface area contributed by atoms with Crippen molar-refractivity contribution in [3.8, 4) is 16.9 Å². The number of pyridine rings is 1. The van der Waals surface area contributed by atoms with Gasteiger partial charge < -0.3 is 9.30 Å². The zero-order chi connectivity index (χ0) is 18.7. The van der Waals surface area contributed by atoms with E-state index in [1.54, 1.807) is 37.5 Å². The highest BCUT2D eigenvalue weighted by Gasteiger charge is 2.18. The summed E-state index contributed by atoms with van der Waals surface area (Å²) in [5.41, 5.74) is 1.93. The summed E-state index contributed by atoms with van der Waals surface area (Å²) in [6.45, 7) is 0. The second kappa shape index (κ2) is 7.53. The molecule has 1 aliphatic rings. The van der Waals surface area contributed by atoms with Crippen molar-refractivity contribution >= 4 is 15.7 Å². The molecule has 0 saturated heterocycles. The molecule has 0 aliphatic heterocycles. The number of nitrogens with one attached hydrogen (secondary N) is 1. The highest BCUT2D eigenvalue weighted by Crippen LogP contribution is 2.35. The zero-order valence-corrected chi connectivity index (χ0v) is 15.9. The Hall–Kier alpha value is -2.28. The predicted octanol–water partition coefficient (Wildman–Crippen LogP) is 3.14. The second-order valence-electron chi connectivity index (χ2n) is 6.83. The van der Waals surface area contributed by atoms with Crippen LogP contribution in [0.1, 0.15) is 32.1 Å². The fourth-order valence-corrected chi connectivity index (χ4v) is 3.81. The summed E-state index contributed by atoms with van der Waals surface area (Å²) < 4.78 is 33.3. The lowest BCUT2D eigenvalue weighted by Gasteiger charge is -2.24. The lowest BCUT2D eigenvalue weighted by molar-refractivity contribution is 0.156. The van der Waals surface area contributed by atoms with Gasteiger partial charge in [-0.1, -0.05) is 6.42 Å². The van der Waals surface area contributed by atoms with Gasteiger partial charge in [0.1, 0.15) is 5.75 Å². The van der Waals surface area contributed by atoms with Crippen LogP contribution >= 0.6 is 0 Å². The maximum atomic E-state index is 11.7. The van der Waals surface area contributed by atoms with Gasteiger partial charge in [-0.15, -0.1) is 0 Å². The second-order valence-corrected chi connectivity index (χ2v) is 8.58. The van der Waals surface area contributed by atoms with Crippen LogP contribution in [0, 0.1) is 0 Å². The lowest BCUT2D eigenvalue weighted by Crippen LogP contribution is -2.20. The molecule has 3 rings (SSSR count). The van der Waals surface area contributed by atoms with Crippen molar-refractivity contribution in [2.45, 2.75) is 38.2 Å². The third-order valence-corrected chi connectivity index (χ3v) is 5.13. The minimum atomic E-state index is -3.38. The predicted molar refractivity (Wildman–Crippen MR) is 103 cm³/mol. The number of hydrogen-bond donors (Lipinski definition) is 1. The number of nitrogens with zero attached hydrogens (tertiary/aromatic N) is 1. The van der Waals surface area contributed by atoms with Crippen molar-refractivity contribution in [1.29, 1.82) is 0 Å². The average molecular weight is 376 g/mol. The fourth-order valence-electron chi connectivity index (χ4n) is 3.25. The van der Waals surface area contributed by atoms with E-state index in [2.05, 4.69) is 4.72 Å². The quantitative estimate of drug-likeness (QED) is 0.870. The highest BCUT2D eigenvalue weighted by atomic mass is 32.2. The van der Waals surface area contributed by atoms with E-state index in [9.17, 15) is 13.2 Å². The molecule has 7 heteroatoms. The zero-order valence-electron chi connectivity index (χ0n) is 15.1. The maximum absolute atomic E-state index is 11.7. The number of sulfonamides is 1. The molecule has 1 N–H and O–H groups in total. The SMILES string of the molecule is Cn1cc(-c2cc(NS(C)(=O)=O)ccc2OC2CCCCC2)ccc1=O. The molecule has 0 unspecified atom stereocenters. The maximum Gasteiger partial charge on any atom is 0.250 e. The molecule has 0 radical (unpaired) electrons. The van der Waals surface area contributed by atoms with Crippen LogP contribution in [0.3, 0.4) is 0 Å². The molecule has 1 heterocycles. The Morgan fingerprint density at radius 1 is 1.12 bits per heavy atom. The smallest absolute Gasteiger partial charge is 0.250 e. The van der Waals surface area contributed by atoms with E-state index in [4.69, 9.17) is 4.74 Å². The first-order chi connectivity index (χ1) is 12.3. The van der Waals surface area contributed by atoms with Gasteiger partial charge in [0.05, 0.1) is 12.4 Å². The molecule has 2 aromatic rings. The van der Waals surface area contributed by atoms with Crippen molar-refractivity contribution in [3.05, 3.63) is 46.9 Å². The van der Waals surface area contributed by atoms with Gasteiger partial charge in [-0.3, -0.25) is 9.52 Å². The largest absolute Gasteiger partial charge is 0.490 e. The van der Waals surface area contributed by atoms with E-state index < -0.39 is 10.0 Å². The Labute approximate surface area is 153 Å². The van der Waals surface area contributed by atoms with Gasteiger partial charge in [-0.25, -0.2) is 8.42 Å². The molecule has 0 bridgehead atoms. The summed E-state index contributed by atoms with van der Waals surface area (Å²) >= 11 is 0. The first-order valence-corrected chi connectivity index (χ1v) is 10.7. The van der Waals surface area contributed by atoms with E-state index in [0.29, 0.717) is 11.4 Å². The fraction of sp³-hybridized carbons (Fsp3) is 0.421. The molecular weight excluding hydrogens is 352 g/mol. The first-order valence-electron chi connectivity index (χ1n) is 8.77. The molecule has 1 aliphatic carbocycles. The molecule has 26 heavy (non-hydrogen) atoms. The van der Waals surface area contributed by atoms with Gasteiger partial charge in [-0.2, -0.15) is 0 Å². The van der Waals surface area contributed by atoms with Gasteiger partial charge in [0, 0.05) is 36.1 Å². The van der Waals surface area contributed by atoms with Gasteiger partial charge in [0.2, 0.25) is 15.6 Å². The molecule has 1 aromatic carbocycles. The Kier molecular flexibility index (Phi) is 5.36. The van der Waals surface area contributed by atoms with E-state index in [1.165, 1.54) is 17.1 Å². The van der Waals surface area contributed by atoms with Gasteiger partial charge in [0.15, 0.2) is 0 Å². The number of aromatic nitrogens is 1. The molecule has 0 spiro atoms. The summed E-state index contributed by atoms with van der Waals surface area (Å²) in [5, 5.41) is 0. The van der Waals surface area contributed by atoms with Crippen LogP contribution in [0.4, 0.5) is 5.69 Å². The normalized spacial score (nSPS) is 15.6. The van der Waals surface area contributed by atoms with Crippen molar-refractivity contribution in [1.82, 2.24) is 4.57 Å². The summed E-state index contributed by atoms with van der Waals surface area (Å²) in [5.74, 6) is 0.703. The molecule has 0 atom stereocenters. The number of benzene rings is 1. The molecular formula is C19H24N2O4S. The van der Waals surface area contributed by atoms with Gasteiger partial charge >= 0.3 is 0 Å². The van der Waals surface area contributed by atoms with Crippen LogP contribution in [0.5, 0.6) is 5.75 Å². The summed E-state index contributed by atoms with van der Waals surface area (Å²) in [6, 6.07) is 8.47. The molecule has 1 fully saturated rings. The van der Waals surface area contributed by atoms with Crippen LogP contribution in [0.2, 0.25) is 0 Å². The summed E-state index contributed by atoms with van der Waals surface area (Å²) in [6.07, 6.45) is 8.63. The van der Waals surface area contributed by atoms with Crippen LogP contribution < -0.4 is 15.0 Å². The van der Waals surface area contributed by atoms with Crippen molar-refractivity contribution < 1.29 is 13.2 Å². The molecule has 6 nitrogen and oxygen atoms in total. The Morgan fingerprint density at radius 2 is 1.85 bits per heavy atom.